The maximum absolute atomic E-state index is 13.9. The highest BCUT2D eigenvalue weighted by atomic mass is 19.3. The molecule has 0 aromatic heterocycles. The number of amides is 2. The maximum atomic E-state index is 13.9. The number of carbonyl (C=O) groups excluding carboxylic acids is 2. The van der Waals surface area contributed by atoms with Crippen molar-refractivity contribution in [1.82, 2.24) is 9.80 Å². The summed E-state index contributed by atoms with van der Waals surface area (Å²) < 4.78 is 37.4. The van der Waals surface area contributed by atoms with Gasteiger partial charge in [-0.25, -0.2) is 8.78 Å². The molecule has 2 amide bonds. The third kappa shape index (κ3) is 4.96. The van der Waals surface area contributed by atoms with Crippen LogP contribution in [-0.2, 0) is 11.3 Å². The van der Waals surface area contributed by atoms with E-state index in [-0.39, 0.29) is 31.5 Å². The molecule has 5 rings (SSSR count). The molecule has 1 aliphatic carbocycles. The van der Waals surface area contributed by atoms with E-state index in [0.717, 1.165) is 36.0 Å². The van der Waals surface area contributed by atoms with Crippen LogP contribution in [0.4, 0.5) is 14.5 Å². The number of nitrogens with zero attached hydrogens (tertiary/aromatic N) is 2. The van der Waals surface area contributed by atoms with Crippen molar-refractivity contribution >= 4 is 17.5 Å². The fourth-order valence-corrected chi connectivity index (χ4v) is 5.95. The molecule has 1 saturated heterocycles. The van der Waals surface area contributed by atoms with Gasteiger partial charge in [-0.1, -0.05) is 25.3 Å². The summed E-state index contributed by atoms with van der Waals surface area (Å²) in [6.07, 6.45) is 3.97. The average molecular weight is 528 g/mol. The summed E-state index contributed by atoms with van der Waals surface area (Å²) >= 11 is 0. The molecule has 0 atom stereocenters. The van der Waals surface area contributed by atoms with Crippen molar-refractivity contribution in [3.05, 3.63) is 52.6 Å². The van der Waals surface area contributed by atoms with Crippen molar-refractivity contribution in [1.29, 1.82) is 0 Å². The second-order valence-corrected chi connectivity index (χ2v) is 10.8. The van der Waals surface area contributed by atoms with Gasteiger partial charge in [0.1, 0.15) is 23.6 Å². The first-order chi connectivity index (χ1) is 18.1. The Morgan fingerprint density at radius 1 is 1.05 bits per heavy atom. The molecule has 2 fully saturated rings. The summed E-state index contributed by atoms with van der Waals surface area (Å²) in [7, 11) is 1.60. The van der Waals surface area contributed by atoms with Gasteiger partial charge in [-0.2, -0.15) is 0 Å². The van der Waals surface area contributed by atoms with Crippen LogP contribution in [0.25, 0.3) is 0 Å². The molecule has 2 aromatic carbocycles. The van der Waals surface area contributed by atoms with E-state index in [1.165, 1.54) is 0 Å². The molecule has 1 N–H and O–H groups in total. The number of anilines is 1. The predicted octanol–water partition coefficient (Wildman–Crippen LogP) is 4.94. The standard InChI is InChI=1S/C29H35F2N3O4/c1-19-7-8-21(14-25(19)37-3)32-27(36)28(9-5-4-6-10-28)34-16-24-20(2)13-22(15-23(24)26(34)35)38-12-11-33-17-29(30,31)18-33/h7-8,13-15H,4-6,9-12,16-18H2,1-3H3,(H,32,36). The van der Waals surface area contributed by atoms with Gasteiger partial charge >= 0.3 is 0 Å². The molecule has 0 unspecified atom stereocenters. The zero-order valence-corrected chi connectivity index (χ0v) is 22.2. The zero-order chi connectivity index (χ0) is 27.1. The normalized spacial score (nSPS) is 20.0. The minimum atomic E-state index is -2.60. The van der Waals surface area contributed by atoms with Gasteiger partial charge in [0.2, 0.25) is 5.91 Å². The Hall–Kier alpha value is -3.20. The van der Waals surface area contributed by atoms with Crippen LogP contribution in [0.1, 0.15) is 59.2 Å². The Labute approximate surface area is 222 Å². The van der Waals surface area contributed by atoms with Gasteiger partial charge in [0.25, 0.3) is 11.8 Å². The maximum Gasteiger partial charge on any atom is 0.272 e. The summed E-state index contributed by atoms with van der Waals surface area (Å²) in [4.78, 5) is 31.0. The smallest absolute Gasteiger partial charge is 0.272 e. The fourth-order valence-electron chi connectivity index (χ4n) is 5.95. The summed E-state index contributed by atoms with van der Waals surface area (Å²) in [6, 6.07) is 9.17. The first-order valence-electron chi connectivity index (χ1n) is 13.3. The number of nitrogens with one attached hydrogen (secondary N) is 1. The lowest BCUT2D eigenvalue weighted by Gasteiger charge is -2.43. The lowest BCUT2D eigenvalue weighted by Crippen LogP contribution is -2.58. The minimum absolute atomic E-state index is 0.172. The van der Waals surface area contributed by atoms with Crippen LogP contribution >= 0.6 is 0 Å². The van der Waals surface area contributed by atoms with Crippen LogP contribution < -0.4 is 14.8 Å². The SMILES string of the molecule is COc1cc(NC(=O)C2(N3Cc4c(C)cc(OCCN5CC(F)(F)C5)cc4C3=O)CCCCC2)ccc1C. The van der Waals surface area contributed by atoms with Gasteiger partial charge in [0.05, 0.1) is 20.2 Å². The molecule has 3 aliphatic rings. The first kappa shape index (κ1) is 26.4. The summed E-state index contributed by atoms with van der Waals surface area (Å²) in [5.74, 6) is -1.72. The van der Waals surface area contributed by atoms with E-state index in [0.29, 0.717) is 48.7 Å². The summed E-state index contributed by atoms with van der Waals surface area (Å²) in [5, 5.41) is 3.06. The monoisotopic (exact) mass is 527 g/mol. The molecule has 0 spiro atoms. The van der Waals surface area contributed by atoms with E-state index in [1.807, 2.05) is 32.0 Å². The van der Waals surface area contributed by atoms with Crippen molar-refractivity contribution in [3.8, 4) is 11.5 Å². The van der Waals surface area contributed by atoms with Gasteiger partial charge in [0, 0.05) is 30.4 Å². The molecule has 204 valence electrons. The van der Waals surface area contributed by atoms with Crippen molar-refractivity contribution < 1.29 is 27.8 Å². The molecule has 0 radical (unpaired) electrons. The van der Waals surface area contributed by atoms with E-state index in [9.17, 15) is 18.4 Å². The van der Waals surface area contributed by atoms with Crippen LogP contribution in [0.2, 0.25) is 0 Å². The Morgan fingerprint density at radius 2 is 1.79 bits per heavy atom. The lowest BCUT2D eigenvalue weighted by molar-refractivity contribution is -0.132. The number of benzene rings is 2. The summed E-state index contributed by atoms with van der Waals surface area (Å²) in [5.41, 5.74) is 3.03. The predicted molar refractivity (Wildman–Crippen MR) is 140 cm³/mol. The molecule has 2 aliphatic heterocycles. The number of hydrogen-bond donors (Lipinski definition) is 1. The second-order valence-electron chi connectivity index (χ2n) is 10.8. The Morgan fingerprint density at radius 3 is 2.47 bits per heavy atom. The minimum Gasteiger partial charge on any atom is -0.496 e. The molecule has 0 bridgehead atoms. The fraction of sp³-hybridized carbons (Fsp3) is 0.517. The quantitative estimate of drug-likeness (QED) is 0.527. The number of hydrogen-bond acceptors (Lipinski definition) is 5. The number of ether oxygens (including phenoxy) is 2. The number of carbonyl (C=O) groups is 2. The molecule has 38 heavy (non-hydrogen) atoms. The molecule has 9 heteroatoms. The lowest BCUT2D eigenvalue weighted by atomic mass is 9.79. The third-order valence-corrected chi connectivity index (χ3v) is 8.11. The number of alkyl halides is 2. The van der Waals surface area contributed by atoms with E-state index in [2.05, 4.69) is 5.32 Å². The van der Waals surface area contributed by atoms with Crippen molar-refractivity contribution in [2.45, 2.75) is 64.0 Å². The van der Waals surface area contributed by atoms with Gasteiger partial charge in [-0.15, -0.1) is 0 Å². The largest absolute Gasteiger partial charge is 0.496 e. The second kappa shape index (κ2) is 10.2. The van der Waals surface area contributed by atoms with E-state index in [4.69, 9.17) is 9.47 Å². The molecule has 2 heterocycles. The van der Waals surface area contributed by atoms with E-state index in [1.54, 1.807) is 29.0 Å². The van der Waals surface area contributed by atoms with Gasteiger partial charge in [-0.3, -0.25) is 14.5 Å². The molecule has 2 aromatic rings. The zero-order valence-electron chi connectivity index (χ0n) is 22.2. The number of halogens is 2. The van der Waals surface area contributed by atoms with Gasteiger partial charge < -0.3 is 19.7 Å². The highest BCUT2D eigenvalue weighted by molar-refractivity contribution is 6.06. The summed E-state index contributed by atoms with van der Waals surface area (Å²) in [6.45, 7) is 4.42. The number of likely N-dealkylation sites (tertiary alicyclic amines) is 1. The highest BCUT2D eigenvalue weighted by Crippen LogP contribution is 2.42. The number of methoxy groups -OCH3 is 1. The molecule has 1 saturated carbocycles. The van der Waals surface area contributed by atoms with Gasteiger partial charge in [-0.05, 0) is 61.6 Å². The highest BCUT2D eigenvalue weighted by Gasteiger charge is 2.50. The number of aryl methyl sites for hydroxylation is 2. The van der Waals surface area contributed by atoms with Crippen molar-refractivity contribution in [2.24, 2.45) is 0 Å². The average Bonchev–Trinajstić information content (AvgIpc) is 3.21. The molecular weight excluding hydrogens is 492 g/mol. The molecular formula is C29H35F2N3O4. The Kier molecular flexibility index (Phi) is 7.07. The van der Waals surface area contributed by atoms with Crippen LogP contribution in [0.15, 0.2) is 30.3 Å². The van der Waals surface area contributed by atoms with Crippen LogP contribution in [0.5, 0.6) is 11.5 Å². The van der Waals surface area contributed by atoms with Crippen molar-refractivity contribution in [2.75, 3.05) is 38.7 Å². The van der Waals surface area contributed by atoms with Gasteiger partial charge in [0.15, 0.2) is 0 Å². The molecule has 7 nitrogen and oxygen atoms in total. The van der Waals surface area contributed by atoms with Crippen LogP contribution in [-0.4, -0.2) is 66.4 Å². The topological polar surface area (TPSA) is 71.1 Å². The Balaban J connectivity index is 1.34. The van der Waals surface area contributed by atoms with E-state index >= 15 is 0 Å². The Bertz CT molecular complexity index is 1230. The van der Waals surface area contributed by atoms with Crippen LogP contribution in [0.3, 0.4) is 0 Å². The number of rotatable bonds is 8. The van der Waals surface area contributed by atoms with Crippen molar-refractivity contribution in [3.63, 3.8) is 0 Å². The van der Waals surface area contributed by atoms with E-state index < -0.39 is 11.5 Å². The third-order valence-electron chi connectivity index (χ3n) is 8.11. The first-order valence-corrected chi connectivity index (χ1v) is 13.3. The van der Waals surface area contributed by atoms with Crippen LogP contribution in [0, 0.1) is 13.8 Å². The number of fused-ring (bicyclic) bond motifs is 1.